The van der Waals surface area contributed by atoms with Gasteiger partial charge in [-0.2, -0.15) is 31.6 Å². The van der Waals surface area contributed by atoms with Gasteiger partial charge in [-0.3, -0.25) is 0 Å². The van der Waals surface area contributed by atoms with Gasteiger partial charge < -0.3 is 9.47 Å². The summed E-state index contributed by atoms with van der Waals surface area (Å²) in [6, 6.07) is 5.77. The monoisotopic (exact) mass is 389 g/mol. The molecule has 142 valence electrons. The van der Waals surface area contributed by atoms with Gasteiger partial charge in [0.2, 0.25) is 0 Å². The predicted octanol–water partition coefficient (Wildman–Crippen LogP) is 4.82. The molecule has 0 spiro atoms. The number of hydrogen-bond donors (Lipinski definition) is 0. The molecule has 0 fully saturated rings. The normalized spacial score (nSPS) is 11.6. The highest BCUT2D eigenvalue weighted by Crippen LogP contribution is 2.37. The molecule has 2 rings (SSSR count). The van der Waals surface area contributed by atoms with Crippen molar-refractivity contribution in [1.82, 2.24) is 0 Å². The van der Waals surface area contributed by atoms with Crippen molar-refractivity contribution < 1.29 is 40.6 Å². The van der Waals surface area contributed by atoms with E-state index in [0.717, 1.165) is 6.07 Å². The second-order valence-corrected chi connectivity index (χ2v) is 5.16. The smallest absolute Gasteiger partial charge is 0.416 e. The van der Waals surface area contributed by atoms with Gasteiger partial charge in [-0.1, -0.05) is 0 Å². The summed E-state index contributed by atoms with van der Waals surface area (Å²) in [6.45, 7) is 0. The van der Waals surface area contributed by atoms with Gasteiger partial charge in [0, 0.05) is 6.07 Å². The molecule has 0 aliphatic rings. The Morgan fingerprint density at radius 3 is 1.93 bits per heavy atom. The van der Waals surface area contributed by atoms with Crippen molar-refractivity contribution in [2.75, 3.05) is 7.11 Å². The predicted molar refractivity (Wildman–Crippen MR) is 79.1 cm³/mol. The third kappa shape index (κ3) is 4.69. The number of benzene rings is 2. The highest BCUT2D eigenvalue weighted by molar-refractivity contribution is 5.92. The van der Waals surface area contributed by atoms with Crippen LogP contribution in [0.25, 0.3) is 0 Å². The molecule has 4 nitrogen and oxygen atoms in total. The summed E-state index contributed by atoms with van der Waals surface area (Å²) >= 11 is 0. The Morgan fingerprint density at radius 1 is 0.926 bits per heavy atom. The van der Waals surface area contributed by atoms with Crippen LogP contribution in [0.2, 0.25) is 0 Å². The maximum Gasteiger partial charge on any atom is 0.416 e. The molecule has 0 radical (unpaired) electrons. The Kier molecular flexibility index (Phi) is 5.35. The largest absolute Gasteiger partial charge is 0.493 e. The zero-order valence-electron chi connectivity index (χ0n) is 13.4. The van der Waals surface area contributed by atoms with Crippen LogP contribution in [0.5, 0.6) is 11.5 Å². The van der Waals surface area contributed by atoms with Crippen LogP contribution in [0.1, 0.15) is 27.0 Å². The molecule has 0 bridgehead atoms. The van der Waals surface area contributed by atoms with Gasteiger partial charge in [0.25, 0.3) is 0 Å². The summed E-state index contributed by atoms with van der Waals surface area (Å²) < 4.78 is 86.9. The van der Waals surface area contributed by atoms with Gasteiger partial charge in [0.05, 0.1) is 35.4 Å². The molecular formula is C17H9F6NO3. The van der Waals surface area contributed by atoms with Crippen molar-refractivity contribution in [1.29, 1.82) is 5.26 Å². The van der Waals surface area contributed by atoms with Crippen LogP contribution in [-0.2, 0) is 12.4 Å². The summed E-state index contributed by atoms with van der Waals surface area (Å²) in [7, 11) is 1.18. The van der Waals surface area contributed by atoms with E-state index < -0.39 is 35.0 Å². The minimum atomic E-state index is -5.09. The number of carbonyl (C=O) groups is 1. The first-order chi connectivity index (χ1) is 12.5. The number of nitrogens with zero attached hydrogens (tertiary/aromatic N) is 1. The van der Waals surface area contributed by atoms with Crippen molar-refractivity contribution >= 4 is 5.97 Å². The Morgan fingerprint density at radius 2 is 1.48 bits per heavy atom. The van der Waals surface area contributed by atoms with Gasteiger partial charge in [0.1, 0.15) is 0 Å². The van der Waals surface area contributed by atoms with Gasteiger partial charge in [-0.15, -0.1) is 0 Å². The number of methoxy groups -OCH3 is 1. The summed E-state index contributed by atoms with van der Waals surface area (Å²) in [5.74, 6) is -1.81. The molecule has 2 aromatic rings. The molecule has 0 aliphatic heterocycles. The first-order valence-corrected chi connectivity index (χ1v) is 7.05. The van der Waals surface area contributed by atoms with Gasteiger partial charge in [-0.05, 0) is 30.3 Å². The van der Waals surface area contributed by atoms with E-state index in [1.165, 1.54) is 19.2 Å². The minimum Gasteiger partial charge on any atom is -0.493 e. The molecule has 0 N–H and O–H groups in total. The number of ether oxygens (including phenoxy) is 2. The fourth-order valence-corrected chi connectivity index (χ4v) is 2.05. The number of nitriles is 1. The lowest BCUT2D eigenvalue weighted by Crippen LogP contribution is -2.16. The summed E-state index contributed by atoms with van der Waals surface area (Å²) in [6.07, 6.45) is -10.2. The lowest BCUT2D eigenvalue weighted by Gasteiger charge is -2.14. The quantitative estimate of drug-likeness (QED) is 0.429. The topological polar surface area (TPSA) is 59.3 Å². The average Bonchev–Trinajstić information content (AvgIpc) is 2.60. The number of esters is 1. The summed E-state index contributed by atoms with van der Waals surface area (Å²) in [4.78, 5) is 12.1. The molecule has 0 saturated heterocycles. The second kappa shape index (κ2) is 7.19. The molecule has 0 heterocycles. The Labute approximate surface area is 148 Å². The van der Waals surface area contributed by atoms with Crippen LogP contribution < -0.4 is 9.47 Å². The number of carbonyl (C=O) groups excluding carboxylic acids is 1. The van der Waals surface area contributed by atoms with Crippen LogP contribution in [0, 0.1) is 11.3 Å². The lowest BCUT2D eigenvalue weighted by molar-refractivity contribution is -0.143. The molecule has 0 amide bonds. The standard InChI is InChI=1S/C17H9F6NO3/c1-26-14-4-9(8-24)2-3-13(14)27-15(25)10-5-11(16(18,19)20)7-12(6-10)17(21,22)23/h2-7H,1H3. The fourth-order valence-electron chi connectivity index (χ4n) is 2.05. The van der Waals surface area contributed by atoms with E-state index in [9.17, 15) is 31.1 Å². The average molecular weight is 389 g/mol. The van der Waals surface area contributed by atoms with Crippen LogP contribution in [0.3, 0.4) is 0 Å². The summed E-state index contributed by atoms with van der Waals surface area (Å²) in [5.41, 5.74) is -4.08. The highest BCUT2D eigenvalue weighted by Gasteiger charge is 2.37. The molecule has 2 aromatic carbocycles. The van der Waals surface area contributed by atoms with Crippen molar-refractivity contribution in [3.63, 3.8) is 0 Å². The molecule has 10 heteroatoms. The van der Waals surface area contributed by atoms with Crippen LogP contribution in [0.15, 0.2) is 36.4 Å². The van der Waals surface area contributed by atoms with Gasteiger partial charge >= 0.3 is 18.3 Å². The van der Waals surface area contributed by atoms with E-state index in [1.54, 1.807) is 6.07 Å². The maximum absolute atomic E-state index is 12.9. The number of hydrogen-bond acceptors (Lipinski definition) is 4. The van der Waals surface area contributed by atoms with Crippen molar-refractivity contribution in [3.8, 4) is 17.6 Å². The molecule has 27 heavy (non-hydrogen) atoms. The third-order valence-corrected chi connectivity index (χ3v) is 3.32. The van der Waals surface area contributed by atoms with E-state index in [2.05, 4.69) is 0 Å². The Balaban J connectivity index is 2.46. The SMILES string of the molecule is COc1cc(C#N)ccc1OC(=O)c1cc(C(F)(F)F)cc(C(F)(F)F)c1. The molecule has 0 unspecified atom stereocenters. The second-order valence-electron chi connectivity index (χ2n) is 5.16. The van der Waals surface area contributed by atoms with E-state index in [-0.39, 0.29) is 35.3 Å². The van der Waals surface area contributed by atoms with Crippen molar-refractivity contribution in [2.24, 2.45) is 0 Å². The van der Waals surface area contributed by atoms with E-state index in [4.69, 9.17) is 14.7 Å². The molecule has 0 aromatic heterocycles. The zero-order valence-corrected chi connectivity index (χ0v) is 13.4. The number of alkyl halides is 6. The van der Waals surface area contributed by atoms with E-state index >= 15 is 0 Å². The molecule has 0 saturated carbocycles. The first kappa shape index (κ1) is 20.1. The fraction of sp³-hybridized carbons (Fsp3) is 0.176. The number of halogens is 6. The van der Waals surface area contributed by atoms with Crippen LogP contribution in [-0.4, -0.2) is 13.1 Å². The van der Waals surface area contributed by atoms with Crippen molar-refractivity contribution in [2.45, 2.75) is 12.4 Å². The minimum absolute atomic E-state index is 0.0922. The molecular weight excluding hydrogens is 380 g/mol. The molecule has 0 aliphatic carbocycles. The number of rotatable bonds is 3. The molecule has 0 atom stereocenters. The van der Waals surface area contributed by atoms with E-state index in [0.29, 0.717) is 0 Å². The van der Waals surface area contributed by atoms with Crippen LogP contribution >= 0.6 is 0 Å². The van der Waals surface area contributed by atoms with Crippen molar-refractivity contribution in [3.05, 3.63) is 58.7 Å². The van der Waals surface area contributed by atoms with Gasteiger partial charge in [0.15, 0.2) is 11.5 Å². The maximum atomic E-state index is 12.9. The Hall–Kier alpha value is -3.22. The van der Waals surface area contributed by atoms with Crippen LogP contribution in [0.4, 0.5) is 26.3 Å². The summed E-state index contributed by atoms with van der Waals surface area (Å²) in [5, 5.41) is 8.80. The highest BCUT2D eigenvalue weighted by atomic mass is 19.4. The Bertz CT molecular complexity index is 880. The first-order valence-electron chi connectivity index (χ1n) is 7.05. The third-order valence-electron chi connectivity index (χ3n) is 3.32. The van der Waals surface area contributed by atoms with Gasteiger partial charge in [-0.25, -0.2) is 4.79 Å². The zero-order chi connectivity index (χ0) is 20.4. The lowest BCUT2D eigenvalue weighted by atomic mass is 10.0. The van der Waals surface area contributed by atoms with E-state index in [1.807, 2.05) is 0 Å².